The van der Waals surface area contributed by atoms with Crippen LogP contribution in [0.3, 0.4) is 0 Å². The third-order valence-electron chi connectivity index (χ3n) is 4.05. The van der Waals surface area contributed by atoms with E-state index in [9.17, 15) is 14.0 Å². The fourth-order valence-corrected chi connectivity index (χ4v) is 2.59. The zero-order valence-corrected chi connectivity index (χ0v) is 14.8. The van der Waals surface area contributed by atoms with Crippen molar-refractivity contribution >= 4 is 11.8 Å². The SMILES string of the molecule is COCCNC(=O)CN1CCc2cc(OC/C(=C\F)CN)ccc2C1=O. The van der Waals surface area contributed by atoms with E-state index < -0.39 is 0 Å². The Balaban J connectivity index is 1.96. The number of nitrogens with one attached hydrogen (secondary N) is 1. The predicted molar refractivity (Wildman–Crippen MR) is 94.7 cm³/mol. The molecule has 0 bridgehead atoms. The summed E-state index contributed by atoms with van der Waals surface area (Å²) in [5, 5.41) is 2.70. The highest BCUT2D eigenvalue weighted by atomic mass is 19.1. The van der Waals surface area contributed by atoms with Crippen molar-refractivity contribution < 1.29 is 23.5 Å². The van der Waals surface area contributed by atoms with Gasteiger partial charge in [-0.3, -0.25) is 9.59 Å². The van der Waals surface area contributed by atoms with Gasteiger partial charge in [-0.2, -0.15) is 0 Å². The first-order valence-electron chi connectivity index (χ1n) is 8.37. The largest absolute Gasteiger partial charge is 0.489 e. The summed E-state index contributed by atoms with van der Waals surface area (Å²) < 4.78 is 22.9. The Bertz CT molecular complexity index is 678. The van der Waals surface area contributed by atoms with Crippen LogP contribution in [0.15, 0.2) is 30.1 Å². The normalized spacial score (nSPS) is 14.2. The number of hydrogen-bond donors (Lipinski definition) is 2. The second-order valence-electron chi connectivity index (χ2n) is 5.90. The van der Waals surface area contributed by atoms with E-state index in [1.54, 1.807) is 25.3 Å². The number of halogens is 1. The van der Waals surface area contributed by atoms with Crippen LogP contribution in [0.5, 0.6) is 5.75 Å². The summed E-state index contributed by atoms with van der Waals surface area (Å²) >= 11 is 0. The van der Waals surface area contributed by atoms with E-state index in [1.807, 2.05) is 0 Å². The van der Waals surface area contributed by atoms with Gasteiger partial charge >= 0.3 is 0 Å². The van der Waals surface area contributed by atoms with Crippen molar-refractivity contribution in [2.75, 3.05) is 46.5 Å². The van der Waals surface area contributed by atoms with E-state index >= 15 is 0 Å². The van der Waals surface area contributed by atoms with E-state index in [2.05, 4.69) is 5.32 Å². The smallest absolute Gasteiger partial charge is 0.254 e. The summed E-state index contributed by atoms with van der Waals surface area (Å²) in [6.07, 6.45) is 1.06. The molecule has 8 heteroatoms. The lowest BCUT2D eigenvalue weighted by atomic mass is 9.98. The lowest BCUT2D eigenvalue weighted by molar-refractivity contribution is -0.122. The quantitative estimate of drug-likeness (QED) is 0.627. The molecule has 0 aromatic heterocycles. The molecule has 1 aromatic carbocycles. The zero-order valence-electron chi connectivity index (χ0n) is 14.8. The van der Waals surface area contributed by atoms with Crippen molar-refractivity contribution in [1.82, 2.24) is 10.2 Å². The first-order chi connectivity index (χ1) is 12.6. The van der Waals surface area contributed by atoms with E-state index in [4.69, 9.17) is 15.2 Å². The molecule has 1 aromatic rings. The molecule has 1 heterocycles. The number of methoxy groups -OCH3 is 1. The minimum Gasteiger partial charge on any atom is -0.489 e. The van der Waals surface area contributed by atoms with Gasteiger partial charge in [0.15, 0.2) is 0 Å². The maximum absolute atomic E-state index is 12.6. The number of rotatable bonds is 9. The fourth-order valence-electron chi connectivity index (χ4n) is 2.59. The molecule has 0 radical (unpaired) electrons. The monoisotopic (exact) mass is 365 g/mol. The lowest BCUT2D eigenvalue weighted by Crippen LogP contribution is -2.44. The van der Waals surface area contributed by atoms with Crippen LogP contribution in [0.25, 0.3) is 0 Å². The van der Waals surface area contributed by atoms with Gasteiger partial charge in [-0.05, 0) is 30.2 Å². The third-order valence-corrected chi connectivity index (χ3v) is 4.05. The number of hydrogen-bond acceptors (Lipinski definition) is 5. The number of carbonyl (C=O) groups is 2. The average molecular weight is 365 g/mol. The molecule has 2 amide bonds. The minimum atomic E-state index is -0.217. The molecule has 0 unspecified atom stereocenters. The number of nitrogens with zero attached hydrogens (tertiary/aromatic N) is 1. The van der Waals surface area contributed by atoms with Gasteiger partial charge in [0.05, 0.1) is 19.5 Å². The van der Waals surface area contributed by atoms with Gasteiger partial charge in [0, 0.05) is 37.9 Å². The average Bonchev–Trinajstić information content (AvgIpc) is 2.65. The van der Waals surface area contributed by atoms with Crippen LogP contribution in [-0.2, 0) is 16.0 Å². The van der Waals surface area contributed by atoms with Crippen molar-refractivity contribution in [2.24, 2.45) is 5.73 Å². The van der Waals surface area contributed by atoms with Gasteiger partial charge in [-0.25, -0.2) is 4.39 Å². The zero-order chi connectivity index (χ0) is 18.9. The summed E-state index contributed by atoms with van der Waals surface area (Å²) in [5.41, 5.74) is 7.14. The highest BCUT2D eigenvalue weighted by Gasteiger charge is 2.26. The number of benzene rings is 1. The highest BCUT2D eigenvalue weighted by Crippen LogP contribution is 2.24. The molecule has 1 aliphatic rings. The van der Waals surface area contributed by atoms with Crippen LogP contribution in [0.1, 0.15) is 15.9 Å². The highest BCUT2D eigenvalue weighted by molar-refractivity contribution is 5.98. The molecule has 2 rings (SSSR count). The number of carbonyl (C=O) groups excluding carboxylic acids is 2. The fraction of sp³-hybridized carbons (Fsp3) is 0.444. The Kier molecular flexibility index (Phi) is 7.55. The summed E-state index contributed by atoms with van der Waals surface area (Å²) in [5.74, 6) is 0.146. The summed E-state index contributed by atoms with van der Waals surface area (Å²) in [6.45, 7) is 1.45. The molecule has 142 valence electrons. The molecule has 3 N–H and O–H groups in total. The van der Waals surface area contributed by atoms with E-state index in [-0.39, 0.29) is 31.5 Å². The molecule has 0 fully saturated rings. The van der Waals surface area contributed by atoms with Crippen molar-refractivity contribution in [3.63, 3.8) is 0 Å². The van der Waals surface area contributed by atoms with Crippen LogP contribution in [0.2, 0.25) is 0 Å². The Morgan fingerprint density at radius 3 is 2.96 bits per heavy atom. The molecular weight excluding hydrogens is 341 g/mol. The van der Waals surface area contributed by atoms with Gasteiger partial charge in [0.2, 0.25) is 5.91 Å². The van der Waals surface area contributed by atoms with Crippen LogP contribution in [0, 0.1) is 0 Å². The molecule has 0 aliphatic carbocycles. The molecule has 26 heavy (non-hydrogen) atoms. The first-order valence-corrected chi connectivity index (χ1v) is 8.37. The standard InChI is InChI=1S/C18H24FN3O4/c1-25-7-5-21-17(23)11-22-6-4-14-8-15(2-3-16(14)18(22)24)26-12-13(9-19)10-20/h2-3,8-9H,4-7,10-12,20H2,1H3,(H,21,23)/b13-9-. The van der Waals surface area contributed by atoms with Crippen molar-refractivity contribution in [1.29, 1.82) is 0 Å². The number of fused-ring (bicyclic) bond motifs is 1. The second-order valence-corrected chi connectivity index (χ2v) is 5.90. The molecular formula is C18H24FN3O4. The maximum Gasteiger partial charge on any atom is 0.254 e. The maximum atomic E-state index is 12.6. The van der Waals surface area contributed by atoms with Gasteiger partial charge in [-0.15, -0.1) is 0 Å². The van der Waals surface area contributed by atoms with Crippen LogP contribution in [0.4, 0.5) is 4.39 Å². The van der Waals surface area contributed by atoms with Gasteiger partial charge in [-0.1, -0.05) is 0 Å². The molecule has 0 spiro atoms. The van der Waals surface area contributed by atoms with Gasteiger partial charge < -0.3 is 25.4 Å². The van der Waals surface area contributed by atoms with Crippen LogP contribution < -0.4 is 15.8 Å². The minimum absolute atomic E-state index is 0.0153. The predicted octanol–water partition coefficient (Wildman–Crippen LogP) is 0.638. The van der Waals surface area contributed by atoms with E-state index in [0.717, 1.165) is 5.56 Å². The Hall–Kier alpha value is -2.45. The third kappa shape index (κ3) is 5.27. The molecule has 0 saturated heterocycles. The molecule has 0 saturated carbocycles. The number of amides is 2. The molecule has 1 aliphatic heterocycles. The number of nitrogens with two attached hydrogens (primary N) is 1. The van der Waals surface area contributed by atoms with Gasteiger partial charge in [0.1, 0.15) is 12.4 Å². The molecule has 7 nitrogen and oxygen atoms in total. The van der Waals surface area contributed by atoms with E-state index in [1.165, 1.54) is 4.90 Å². The second kappa shape index (κ2) is 9.88. The van der Waals surface area contributed by atoms with Crippen LogP contribution in [-0.4, -0.2) is 63.2 Å². The van der Waals surface area contributed by atoms with Crippen molar-refractivity contribution in [2.45, 2.75) is 6.42 Å². The Morgan fingerprint density at radius 2 is 2.27 bits per heavy atom. The van der Waals surface area contributed by atoms with Crippen molar-refractivity contribution in [3.05, 3.63) is 41.2 Å². The van der Waals surface area contributed by atoms with Gasteiger partial charge in [0.25, 0.3) is 5.91 Å². The number of ether oxygens (including phenoxy) is 2. The van der Waals surface area contributed by atoms with Crippen LogP contribution >= 0.6 is 0 Å². The topological polar surface area (TPSA) is 93.9 Å². The summed E-state index contributed by atoms with van der Waals surface area (Å²) in [4.78, 5) is 26.0. The summed E-state index contributed by atoms with van der Waals surface area (Å²) in [6, 6.07) is 5.10. The lowest BCUT2D eigenvalue weighted by Gasteiger charge is -2.28. The van der Waals surface area contributed by atoms with Crippen molar-refractivity contribution in [3.8, 4) is 5.75 Å². The Morgan fingerprint density at radius 1 is 1.46 bits per heavy atom. The molecule has 0 atom stereocenters. The van der Waals surface area contributed by atoms with E-state index in [0.29, 0.717) is 49.3 Å². The Labute approximate surface area is 151 Å². The summed E-state index contributed by atoms with van der Waals surface area (Å²) in [7, 11) is 1.56. The first kappa shape index (κ1) is 19.9.